The largest absolute Gasteiger partial charge is 0.309 e. The van der Waals surface area contributed by atoms with Crippen molar-refractivity contribution in [3.8, 4) is 28.2 Å². The van der Waals surface area contributed by atoms with E-state index in [0.29, 0.717) is 0 Å². The van der Waals surface area contributed by atoms with Gasteiger partial charge in [0.25, 0.3) is 0 Å². The summed E-state index contributed by atoms with van der Waals surface area (Å²) in [6.07, 6.45) is 6.06. The molecule has 246 valence electrons. The third kappa shape index (κ3) is 4.46. The zero-order valence-electron chi connectivity index (χ0n) is 28.9. The van der Waals surface area contributed by atoms with E-state index >= 15 is 0 Å². The first-order chi connectivity index (χ1) is 25.7. The van der Waals surface area contributed by atoms with Gasteiger partial charge in [-0.3, -0.25) is 0 Å². The highest BCUT2D eigenvalue weighted by Crippen LogP contribution is 2.42. The molecule has 3 aromatic heterocycles. The number of hydrogen-bond acceptors (Lipinski definition) is 0. The Morgan fingerprint density at radius 1 is 0.442 bits per heavy atom. The molecule has 0 bridgehead atoms. The molecule has 3 heterocycles. The molecule has 0 unspecified atom stereocenters. The fraction of sp³-hybridized carbons (Fsp3) is 0.0204. The molecule has 3 heteroatoms. The van der Waals surface area contributed by atoms with Crippen molar-refractivity contribution < 1.29 is 0 Å². The van der Waals surface area contributed by atoms with Gasteiger partial charge in [-0.15, -0.1) is 0 Å². The fourth-order valence-electron chi connectivity index (χ4n) is 8.32. The quantitative estimate of drug-likeness (QED) is 0.157. The Hall–Kier alpha value is -6.84. The Morgan fingerprint density at radius 3 is 1.77 bits per heavy atom. The van der Waals surface area contributed by atoms with Crippen molar-refractivity contribution in [3.05, 3.63) is 194 Å². The lowest BCUT2D eigenvalue weighted by molar-refractivity contribution is 1.10. The predicted octanol–water partition coefficient (Wildman–Crippen LogP) is 13.0. The predicted molar refractivity (Wildman–Crippen MR) is 221 cm³/mol. The number of aryl methyl sites for hydroxylation is 1. The number of benzene rings is 7. The summed E-state index contributed by atoms with van der Waals surface area (Å²) in [7, 11) is 0. The molecule has 0 saturated heterocycles. The van der Waals surface area contributed by atoms with Crippen molar-refractivity contribution in [2.45, 2.75) is 6.92 Å². The van der Waals surface area contributed by atoms with E-state index in [1.165, 1.54) is 76.9 Å². The Labute approximate surface area is 302 Å². The second-order valence-electron chi connectivity index (χ2n) is 13.5. The summed E-state index contributed by atoms with van der Waals surface area (Å²) in [5.74, 6) is 0. The van der Waals surface area contributed by atoms with E-state index in [2.05, 4.69) is 197 Å². The second kappa shape index (κ2) is 11.9. The SMILES string of the molecule is C=C/C=C\c1c(C)c2ccc3c(c4ccccc4n3-c3cccc(-c4ccc5c(c4)c4ccccc4n5-c4ccccc4)c3)c2n1-c1ccccc1. The molecule has 0 amide bonds. The second-order valence-corrected chi connectivity index (χ2v) is 13.5. The maximum absolute atomic E-state index is 3.96. The van der Waals surface area contributed by atoms with Crippen LogP contribution in [0.4, 0.5) is 0 Å². The highest BCUT2D eigenvalue weighted by Gasteiger charge is 2.22. The molecule has 52 heavy (non-hydrogen) atoms. The molecule has 0 aliphatic carbocycles. The van der Waals surface area contributed by atoms with Gasteiger partial charge >= 0.3 is 0 Å². The first-order valence-corrected chi connectivity index (χ1v) is 17.8. The molecule has 0 spiro atoms. The third-order valence-electron chi connectivity index (χ3n) is 10.6. The number of fused-ring (bicyclic) bond motifs is 8. The smallest absolute Gasteiger partial charge is 0.0637 e. The summed E-state index contributed by atoms with van der Waals surface area (Å²) in [6.45, 7) is 6.19. The molecular weight excluding hydrogens is 631 g/mol. The average Bonchev–Trinajstić information content (AvgIpc) is 3.82. The standard InChI is InChI=1S/C49H35N3/c1-3-4-24-43-33(2)39-28-30-47-48(49(39)52(43)37-19-9-6-10-20-37)41-23-12-14-26-45(41)51(47)38-21-15-16-34(31-38)35-27-29-46-42(32-35)40-22-11-13-25-44(40)50(46)36-17-7-5-8-18-36/h3-32H,1H2,2H3/b24-4-. The van der Waals surface area contributed by atoms with Crippen molar-refractivity contribution in [2.75, 3.05) is 0 Å². The molecule has 0 fully saturated rings. The lowest BCUT2D eigenvalue weighted by Gasteiger charge is -2.12. The molecule has 3 nitrogen and oxygen atoms in total. The molecule has 0 aliphatic heterocycles. The van der Waals surface area contributed by atoms with Crippen LogP contribution in [0.3, 0.4) is 0 Å². The van der Waals surface area contributed by atoms with Gasteiger partial charge in [0.15, 0.2) is 0 Å². The van der Waals surface area contributed by atoms with Gasteiger partial charge in [0.05, 0.1) is 27.6 Å². The Bertz CT molecular complexity index is 3020. The van der Waals surface area contributed by atoms with Gasteiger partial charge in [0.1, 0.15) is 0 Å². The molecular formula is C49H35N3. The maximum atomic E-state index is 3.96. The summed E-state index contributed by atoms with van der Waals surface area (Å²) in [6, 6.07) is 59.4. The van der Waals surface area contributed by atoms with Gasteiger partial charge < -0.3 is 13.7 Å². The molecule has 0 N–H and O–H groups in total. The molecule has 10 aromatic rings. The summed E-state index contributed by atoms with van der Waals surface area (Å²) in [5.41, 5.74) is 14.2. The van der Waals surface area contributed by atoms with Gasteiger partial charge in [0, 0.05) is 49.7 Å². The van der Waals surface area contributed by atoms with Crippen LogP contribution in [0, 0.1) is 6.92 Å². The van der Waals surface area contributed by atoms with Crippen LogP contribution in [-0.2, 0) is 0 Å². The van der Waals surface area contributed by atoms with Crippen LogP contribution in [0.15, 0.2) is 183 Å². The molecule has 0 saturated carbocycles. The van der Waals surface area contributed by atoms with E-state index in [0.717, 1.165) is 17.1 Å². The van der Waals surface area contributed by atoms with Crippen molar-refractivity contribution in [1.82, 2.24) is 13.7 Å². The topological polar surface area (TPSA) is 14.8 Å². The highest BCUT2D eigenvalue weighted by atomic mass is 15.0. The molecule has 7 aromatic carbocycles. The number of hydrogen-bond donors (Lipinski definition) is 0. The van der Waals surface area contributed by atoms with E-state index in [1.807, 2.05) is 12.2 Å². The van der Waals surface area contributed by atoms with Crippen LogP contribution in [0.2, 0.25) is 0 Å². The molecule has 0 atom stereocenters. The molecule has 0 aliphatic rings. The normalized spacial score (nSPS) is 11.9. The van der Waals surface area contributed by atoms with Crippen LogP contribution in [-0.4, -0.2) is 13.7 Å². The van der Waals surface area contributed by atoms with Crippen LogP contribution >= 0.6 is 0 Å². The lowest BCUT2D eigenvalue weighted by Crippen LogP contribution is -1.97. The maximum Gasteiger partial charge on any atom is 0.0637 e. The summed E-state index contributed by atoms with van der Waals surface area (Å²) in [5, 5.41) is 6.24. The zero-order chi connectivity index (χ0) is 34.8. The van der Waals surface area contributed by atoms with Gasteiger partial charge in [-0.25, -0.2) is 0 Å². The number of para-hydroxylation sites is 4. The lowest BCUT2D eigenvalue weighted by atomic mass is 10.0. The Morgan fingerprint density at radius 2 is 1.02 bits per heavy atom. The molecule has 0 radical (unpaired) electrons. The van der Waals surface area contributed by atoms with E-state index < -0.39 is 0 Å². The summed E-state index contributed by atoms with van der Waals surface area (Å²) >= 11 is 0. The van der Waals surface area contributed by atoms with Gasteiger partial charge in [0.2, 0.25) is 0 Å². The zero-order valence-corrected chi connectivity index (χ0v) is 28.9. The Kier molecular flexibility index (Phi) is 6.87. The number of aromatic nitrogens is 3. The van der Waals surface area contributed by atoms with Gasteiger partial charge in [-0.1, -0.05) is 116 Å². The van der Waals surface area contributed by atoms with E-state index in [1.54, 1.807) is 0 Å². The molecule has 10 rings (SSSR count). The first kappa shape index (κ1) is 30.0. The van der Waals surface area contributed by atoms with Crippen LogP contribution in [0.1, 0.15) is 11.3 Å². The minimum absolute atomic E-state index is 1.14. The van der Waals surface area contributed by atoms with Gasteiger partial charge in [-0.05, 0) is 96.4 Å². The van der Waals surface area contributed by atoms with E-state index in [-0.39, 0.29) is 0 Å². The highest BCUT2D eigenvalue weighted by molar-refractivity contribution is 6.22. The van der Waals surface area contributed by atoms with Crippen molar-refractivity contribution in [1.29, 1.82) is 0 Å². The van der Waals surface area contributed by atoms with Crippen LogP contribution in [0.5, 0.6) is 0 Å². The number of allylic oxidation sites excluding steroid dienone is 2. The fourth-order valence-corrected chi connectivity index (χ4v) is 8.32. The summed E-state index contributed by atoms with van der Waals surface area (Å²) < 4.78 is 7.22. The third-order valence-corrected chi connectivity index (χ3v) is 10.6. The van der Waals surface area contributed by atoms with Crippen molar-refractivity contribution >= 4 is 60.6 Å². The minimum atomic E-state index is 1.14. The summed E-state index contributed by atoms with van der Waals surface area (Å²) in [4.78, 5) is 0. The van der Waals surface area contributed by atoms with Crippen LogP contribution < -0.4 is 0 Å². The van der Waals surface area contributed by atoms with E-state index in [4.69, 9.17) is 0 Å². The van der Waals surface area contributed by atoms with Gasteiger partial charge in [-0.2, -0.15) is 0 Å². The van der Waals surface area contributed by atoms with E-state index in [9.17, 15) is 0 Å². The number of rotatable bonds is 6. The number of nitrogens with zero attached hydrogens (tertiary/aromatic N) is 3. The van der Waals surface area contributed by atoms with Crippen molar-refractivity contribution in [3.63, 3.8) is 0 Å². The monoisotopic (exact) mass is 665 g/mol. The van der Waals surface area contributed by atoms with Crippen LogP contribution in [0.25, 0.3) is 88.8 Å². The average molecular weight is 666 g/mol. The first-order valence-electron chi connectivity index (χ1n) is 17.8. The Balaban J connectivity index is 1.21. The minimum Gasteiger partial charge on any atom is -0.309 e. The van der Waals surface area contributed by atoms with Crippen molar-refractivity contribution in [2.24, 2.45) is 0 Å².